The van der Waals surface area contributed by atoms with E-state index in [9.17, 15) is 9.18 Å². The predicted octanol–water partition coefficient (Wildman–Crippen LogP) is 3.08. The van der Waals surface area contributed by atoms with Crippen molar-refractivity contribution in [3.05, 3.63) is 89.8 Å². The third-order valence-electron chi connectivity index (χ3n) is 3.61. The highest BCUT2D eigenvalue weighted by Gasteiger charge is 2.21. The molecule has 2 aromatic carbocycles. The number of halogens is 1. The van der Waals surface area contributed by atoms with Gasteiger partial charge in [0.1, 0.15) is 17.7 Å². The molecule has 5 heteroatoms. The van der Waals surface area contributed by atoms with Crippen LogP contribution in [0.3, 0.4) is 0 Å². The van der Waals surface area contributed by atoms with Crippen molar-refractivity contribution in [1.29, 1.82) is 0 Å². The minimum Gasteiger partial charge on any atom is -0.338 e. The van der Waals surface area contributed by atoms with Gasteiger partial charge in [-0.1, -0.05) is 30.3 Å². The van der Waals surface area contributed by atoms with E-state index < -0.39 is 6.04 Å². The third-order valence-corrected chi connectivity index (χ3v) is 3.61. The molecule has 1 heterocycles. The average Bonchev–Trinajstić information content (AvgIpc) is 2.99. The third kappa shape index (κ3) is 3.29. The Labute approximate surface area is 133 Å². The van der Waals surface area contributed by atoms with Crippen LogP contribution in [0.15, 0.2) is 67.0 Å². The molecule has 0 aliphatic carbocycles. The standard InChI is InChI=1S/C18H16FN3O/c1-22-11-10-20-17(22)16(14-8-5-9-15(19)12-14)21-18(23)13-6-3-2-4-7-13/h2-12,16H,1H3,(H,21,23). The summed E-state index contributed by atoms with van der Waals surface area (Å²) < 4.78 is 15.4. The number of aromatic nitrogens is 2. The number of rotatable bonds is 4. The molecule has 0 aliphatic rings. The molecule has 3 rings (SSSR count). The SMILES string of the molecule is Cn1ccnc1C(NC(=O)c1ccccc1)c1cccc(F)c1. The lowest BCUT2D eigenvalue weighted by molar-refractivity contribution is 0.0941. The van der Waals surface area contributed by atoms with Crippen LogP contribution in [0.25, 0.3) is 0 Å². The van der Waals surface area contributed by atoms with Crippen LogP contribution < -0.4 is 5.32 Å². The number of nitrogens with one attached hydrogen (secondary N) is 1. The lowest BCUT2D eigenvalue weighted by Crippen LogP contribution is -2.31. The van der Waals surface area contributed by atoms with E-state index in [1.165, 1.54) is 12.1 Å². The molecule has 0 saturated heterocycles. The molecule has 0 bridgehead atoms. The minimum absolute atomic E-state index is 0.233. The summed E-state index contributed by atoms with van der Waals surface area (Å²) in [5.41, 5.74) is 1.19. The Morgan fingerprint density at radius 2 is 1.96 bits per heavy atom. The summed E-state index contributed by atoms with van der Waals surface area (Å²) in [5, 5.41) is 2.93. The van der Waals surface area contributed by atoms with E-state index in [2.05, 4.69) is 10.3 Å². The van der Waals surface area contributed by atoms with Gasteiger partial charge in [0.25, 0.3) is 5.91 Å². The van der Waals surface area contributed by atoms with E-state index in [0.717, 1.165) is 0 Å². The number of aryl methyl sites for hydroxylation is 1. The predicted molar refractivity (Wildman–Crippen MR) is 85.4 cm³/mol. The molecule has 3 aromatic rings. The number of amides is 1. The van der Waals surface area contributed by atoms with Gasteiger partial charge < -0.3 is 9.88 Å². The molecule has 1 aromatic heterocycles. The van der Waals surface area contributed by atoms with E-state index >= 15 is 0 Å². The van der Waals surface area contributed by atoms with Gasteiger partial charge in [-0.05, 0) is 29.8 Å². The van der Waals surface area contributed by atoms with Gasteiger partial charge in [-0.15, -0.1) is 0 Å². The molecule has 1 unspecified atom stereocenters. The van der Waals surface area contributed by atoms with Crippen molar-refractivity contribution in [2.45, 2.75) is 6.04 Å². The van der Waals surface area contributed by atoms with Gasteiger partial charge >= 0.3 is 0 Å². The maximum atomic E-state index is 13.6. The van der Waals surface area contributed by atoms with Crippen molar-refractivity contribution in [2.75, 3.05) is 0 Å². The van der Waals surface area contributed by atoms with Gasteiger partial charge in [-0.25, -0.2) is 9.37 Å². The Hall–Kier alpha value is -2.95. The quantitative estimate of drug-likeness (QED) is 0.805. The van der Waals surface area contributed by atoms with Crippen LogP contribution in [0.4, 0.5) is 4.39 Å². The molecule has 0 radical (unpaired) electrons. The van der Waals surface area contributed by atoms with E-state index in [-0.39, 0.29) is 11.7 Å². The van der Waals surface area contributed by atoms with Gasteiger partial charge in [-0.2, -0.15) is 0 Å². The number of nitrogens with zero attached hydrogens (tertiary/aromatic N) is 2. The molecule has 0 fully saturated rings. The van der Waals surface area contributed by atoms with Crippen LogP contribution in [0.2, 0.25) is 0 Å². The largest absolute Gasteiger partial charge is 0.338 e. The Morgan fingerprint density at radius 3 is 2.61 bits per heavy atom. The van der Waals surface area contributed by atoms with Gasteiger partial charge in [-0.3, -0.25) is 4.79 Å². The molecule has 1 N–H and O–H groups in total. The fraction of sp³-hybridized carbons (Fsp3) is 0.111. The molecule has 23 heavy (non-hydrogen) atoms. The zero-order chi connectivity index (χ0) is 16.2. The molecule has 0 saturated carbocycles. The van der Waals surface area contributed by atoms with Crippen LogP contribution >= 0.6 is 0 Å². The smallest absolute Gasteiger partial charge is 0.252 e. The summed E-state index contributed by atoms with van der Waals surface area (Å²) in [4.78, 5) is 16.8. The molecule has 116 valence electrons. The van der Waals surface area contributed by atoms with E-state index in [4.69, 9.17) is 0 Å². The maximum Gasteiger partial charge on any atom is 0.252 e. The number of benzene rings is 2. The fourth-order valence-corrected chi connectivity index (χ4v) is 2.44. The Morgan fingerprint density at radius 1 is 1.17 bits per heavy atom. The number of carbonyl (C=O) groups is 1. The number of hydrogen-bond acceptors (Lipinski definition) is 2. The van der Waals surface area contributed by atoms with Crippen molar-refractivity contribution in [3.63, 3.8) is 0 Å². The number of hydrogen-bond donors (Lipinski definition) is 1. The second-order valence-corrected chi connectivity index (χ2v) is 5.22. The second kappa shape index (κ2) is 6.44. The minimum atomic E-state index is -0.529. The average molecular weight is 309 g/mol. The first-order chi connectivity index (χ1) is 11.1. The van der Waals surface area contributed by atoms with Gasteiger partial charge in [0, 0.05) is 25.0 Å². The van der Waals surface area contributed by atoms with Crippen molar-refractivity contribution < 1.29 is 9.18 Å². The van der Waals surface area contributed by atoms with E-state index in [1.807, 2.05) is 13.1 Å². The first-order valence-electron chi connectivity index (χ1n) is 7.24. The number of carbonyl (C=O) groups excluding carboxylic acids is 1. The normalized spacial score (nSPS) is 11.9. The highest BCUT2D eigenvalue weighted by Crippen LogP contribution is 2.21. The Bertz CT molecular complexity index is 814. The molecular formula is C18H16FN3O. The lowest BCUT2D eigenvalue weighted by Gasteiger charge is -2.19. The van der Waals surface area contributed by atoms with Crippen molar-refractivity contribution in [1.82, 2.24) is 14.9 Å². The molecule has 1 atom stereocenters. The summed E-state index contributed by atoms with van der Waals surface area (Å²) in [5.74, 6) is 0.0541. The van der Waals surface area contributed by atoms with Crippen LogP contribution in [0.5, 0.6) is 0 Å². The molecular weight excluding hydrogens is 293 g/mol. The van der Waals surface area contributed by atoms with Crippen molar-refractivity contribution in [3.8, 4) is 0 Å². The zero-order valence-electron chi connectivity index (χ0n) is 12.6. The fourth-order valence-electron chi connectivity index (χ4n) is 2.44. The molecule has 4 nitrogen and oxygen atoms in total. The summed E-state index contributed by atoms with van der Waals surface area (Å²) in [6, 6.07) is 14.6. The highest BCUT2D eigenvalue weighted by atomic mass is 19.1. The van der Waals surface area contributed by atoms with E-state index in [0.29, 0.717) is 17.0 Å². The van der Waals surface area contributed by atoms with Crippen LogP contribution in [0.1, 0.15) is 27.8 Å². The summed E-state index contributed by atoms with van der Waals surface area (Å²) in [6.45, 7) is 0. The topological polar surface area (TPSA) is 46.9 Å². The Balaban J connectivity index is 1.96. The number of imidazole rings is 1. The maximum absolute atomic E-state index is 13.6. The monoisotopic (exact) mass is 309 g/mol. The molecule has 0 aliphatic heterocycles. The zero-order valence-corrected chi connectivity index (χ0v) is 12.6. The van der Waals surface area contributed by atoms with Crippen molar-refractivity contribution >= 4 is 5.91 Å². The second-order valence-electron chi connectivity index (χ2n) is 5.22. The van der Waals surface area contributed by atoms with E-state index in [1.54, 1.807) is 53.4 Å². The summed E-state index contributed by atoms with van der Waals surface area (Å²) in [6.07, 6.45) is 3.44. The first kappa shape index (κ1) is 15.0. The van der Waals surface area contributed by atoms with Crippen LogP contribution in [-0.2, 0) is 7.05 Å². The summed E-state index contributed by atoms with van der Waals surface area (Å²) >= 11 is 0. The summed E-state index contributed by atoms with van der Waals surface area (Å²) in [7, 11) is 1.84. The van der Waals surface area contributed by atoms with Crippen molar-refractivity contribution in [2.24, 2.45) is 7.05 Å². The lowest BCUT2D eigenvalue weighted by atomic mass is 10.0. The van der Waals surface area contributed by atoms with Gasteiger partial charge in [0.2, 0.25) is 0 Å². The van der Waals surface area contributed by atoms with Gasteiger partial charge in [0.05, 0.1) is 0 Å². The van der Waals surface area contributed by atoms with Crippen LogP contribution in [-0.4, -0.2) is 15.5 Å². The molecule has 1 amide bonds. The van der Waals surface area contributed by atoms with Crippen LogP contribution in [0, 0.1) is 5.82 Å². The van der Waals surface area contributed by atoms with Gasteiger partial charge in [0.15, 0.2) is 0 Å². The highest BCUT2D eigenvalue weighted by molar-refractivity contribution is 5.94. The first-order valence-corrected chi connectivity index (χ1v) is 7.24. The Kier molecular flexibility index (Phi) is 4.19. The molecule has 0 spiro atoms.